The number of carbonyl (C=O) groups is 1. The van der Waals surface area contributed by atoms with Crippen molar-refractivity contribution in [2.75, 3.05) is 6.54 Å². The second-order valence-electron chi connectivity index (χ2n) is 0.402. The van der Waals surface area contributed by atoms with Crippen LogP contribution < -0.4 is 5.73 Å². The molecule has 0 amide bonds. The molecule has 0 unspecified atom stereocenters. The van der Waals surface area contributed by atoms with Crippen LogP contribution in [0.1, 0.15) is 37.1 Å². The zero-order valence-corrected chi connectivity index (χ0v) is 2.27. The van der Waals surface area contributed by atoms with Gasteiger partial charge in [-0.2, -0.15) is 0 Å². The Bertz CT molecular complexity index is 22.9. The summed E-state index contributed by atoms with van der Waals surface area (Å²) in [6.07, 6.45) is 0.653. The fraction of sp³-hybridized carbons (Fsp3) is 0.857. The number of nitrogens with two attached hydrogens (primary N) is 1. The lowest BCUT2D eigenvalue weighted by Crippen LogP contribution is -1.97. The average molecular weight is 139 g/mol. The maximum atomic E-state index is 9.05. The summed E-state index contributed by atoms with van der Waals surface area (Å²) in [7, 11) is 0. The highest BCUT2D eigenvalue weighted by molar-refractivity contribution is 5.51. The van der Waals surface area contributed by atoms with Crippen molar-refractivity contribution >= 4 is 6.29 Å². The van der Waals surface area contributed by atoms with E-state index in [0.29, 0.717) is 6.29 Å². The molecule has 9 heavy (non-hydrogen) atoms. The predicted molar refractivity (Wildman–Crippen MR) is 48.8 cm³/mol. The second-order valence-corrected chi connectivity index (χ2v) is 0.402. The third kappa shape index (κ3) is 609. The molecule has 0 aliphatic heterocycles. The third-order valence-corrected chi connectivity index (χ3v) is 0.0962. The quantitative estimate of drug-likeness (QED) is 0.566. The van der Waals surface area contributed by atoms with Gasteiger partial charge in [0.15, 0.2) is 0 Å². The van der Waals surface area contributed by atoms with E-state index >= 15 is 0 Å². The topological polar surface area (TPSA) is 43.1 Å². The molecule has 2 N–H and O–H groups in total. The zero-order valence-electron chi connectivity index (χ0n) is 2.27. The van der Waals surface area contributed by atoms with Crippen LogP contribution in [-0.4, -0.2) is 12.8 Å². The van der Waals surface area contributed by atoms with E-state index in [1.807, 2.05) is 0 Å². The highest BCUT2D eigenvalue weighted by Gasteiger charge is 1.51. The lowest BCUT2D eigenvalue weighted by atomic mass is 10.8. The van der Waals surface area contributed by atoms with Crippen LogP contribution in [0.5, 0.6) is 0 Å². The SMILES string of the molecule is C.C.C.C.C.NCC=O. The molecule has 0 radical (unpaired) electrons. The number of hydrogen-bond donors (Lipinski definition) is 1. The molecule has 0 bridgehead atoms. The molecule has 64 valence electrons. The Morgan fingerprint density at radius 1 is 1.00 bits per heavy atom. The maximum Gasteiger partial charge on any atom is 0.133 e. The van der Waals surface area contributed by atoms with Gasteiger partial charge >= 0.3 is 0 Å². The first-order valence-electron chi connectivity index (χ1n) is 1.05. The van der Waals surface area contributed by atoms with Gasteiger partial charge in [-0.25, -0.2) is 0 Å². The summed E-state index contributed by atoms with van der Waals surface area (Å²) >= 11 is 0. The lowest BCUT2D eigenvalue weighted by Gasteiger charge is -1.55. The second kappa shape index (κ2) is 126. The van der Waals surface area contributed by atoms with Crippen LogP contribution in [0.2, 0.25) is 0 Å². The summed E-state index contributed by atoms with van der Waals surface area (Å²) in [5.41, 5.74) is 4.66. The van der Waals surface area contributed by atoms with E-state index in [1.54, 1.807) is 0 Å². The summed E-state index contributed by atoms with van der Waals surface area (Å²) in [6, 6.07) is 0. The van der Waals surface area contributed by atoms with E-state index in [0.717, 1.165) is 0 Å². The zero-order chi connectivity index (χ0) is 3.41. The minimum Gasteiger partial charge on any atom is -0.324 e. The van der Waals surface area contributed by atoms with Crippen LogP contribution in [0.4, 0.5) is 0 Å². The van der Waals surface area contributed by atoms with Crippen molar-refractivity contribution in [1.29, 1.82) is 0 Å². The van der Waals surface area contributed by atoms with E-state index in [4.69, 9.17) is 4.79 Å². The standard InChI is InChI=1S/C2H5NO.5CH4/c3-1-2-4;;;;;/h2H,1,3H2;5*1H4. The van der Waals surface area contributed by atoms with Gasteiger partial charge in [0.25, 0.3) is 0 Å². The van der Waals surface area contributed by atoms with E-state index < -0.39 is 0 Å². The van der Waals surface area contributed by atoms with Crippen LogP contribution in [-0.2, 0) is 4.79 Å². The Morgan fingerprint density at radius 2 is 1.11 bits per heavy atom. The van der Waals surface area contributed by atoms with Gasteiger partial charge in [0, 0.05) is 6.54 Å². The minimum absolute atomic E-state index is 0. The van der Waals surface area contributed by atoms with Crippen molar-refractivity contribution in [3.05, 3.63) is 0 Å². The minimum atomic E-state index is 0. The molecular formula is C7H25NO. The number of hydrogen-bond acceptors (Lipinski definition) is 2. The van der Waals surface area contributed by atoms with Crippen molar-refractivity contribution in [3.63, 3.8) is 0 Å². The molecule has 2 nitrogen and oxygen atoms in total. The monoisotopic (exact) mass is 139 g/mol. The van der Waals surface area contributed by atoms with Gasteiger partial charge in [-0.1, -0.05) is 37.1 Å². The highest BCUT2D eigenvalue weighted by atomic mass is 16.1. The van der Waals surface area contributed by atoms with E-state index in [9.17, 15) is 0 Å². The first-order chi connectivity index (χ1) is 1.91. The van der Waals surface area contributed by atoms with Crippen molar-refractivity contribution in [1.82, 2.24) is 0 Å². The molecule has 0 heterocycles. The Kier molecular flexibility index (Phi) is 1020. The van der Waals surface area contributed by atoms with Crippen LogP contribution >= 0.6 is 0 Å². The van der Waals surface area contributed by atoms with Gasteiger partial charge in [0.05, 0.1) is 0 Å². The number of aldehydes is 1. The van der Waals surface area contributed by atoms with Gasteiger partial charge in [-0.05, 0) is 0 Å². The molecule has 0 aromatic rings. The summed E-state index contributed by atoms with van der Waals surface area (Å²) in [6.45, 7) is 0.139. The van der Waals surface area contributed by atoms with Crippen molar-refractivity contribution in [2.24, 2.45) is 5.73 Å². The molecule has 0 spiro atoms. The van der Waals surface area contributed by atoms with E-state index in [2.05, 4.69) is 5.73 Å². The third-order valence-electron chi connectivity index (χ3n) is 0.0962. The summed E-state index contributed by atoms with van der Waals surface area (Å²) < 4.78 is 0. The van der Waals surface area contributed by atoms with Crippen LogP contribution in [0.25, 0.3) is 0 Å². The number of carbonyl (C=O) groups excluding carboxylic acids is 1. The molecule has 0 aromatic carbocycles. The normalized spacial score (nSPS) is 2.78. The average Bonchev–Trinajstić information content (AvgIpc) is 1.37. The molecule has 0 fully saturated rings. The summed E-state index contributed by atoms with van der Waals surface area (Å²) in [4.78, 5) is 9.05. The smallest absolute Gasteiger partial charge is 0.133 e. The molecule has 0 aliphatic carbocycles. The largest absolute Gasteiger partial charge is 0.324 e. The molecule has 0 rings (SSSR count). The van der Waals surface area contributed by atoms with Gasteiger partial charge < -0.3 is 10.5 Å². The van der Waals surface area contributed by atoms with Crippen molar-refractivity contribution < 1.29 is 4.79 Å². The lowest BCUT2D eigenvalue weighted by molar-refractivity contribution is -0.106. The Hall–Kier alpha value is -0.370. The van der Waals surface area contributed by atoms with Gasteiger partial charge in [0.1, 0.15) is 6.29 Å². The highest BCUT2D eigenvalue weighted by Crippen LogP contribution is 1.18. The summed E-state index contributed by atoms with van der Waals surface area (Å²) in [5.74, 6) is 0. The maximum absolute atomic E-state index is 9.05. The molecule has 0 atom stereocenters. The molecule has 0 saturated heterocycles. The fourth-order valence-corrected chi connectivity index (χ4v) is 0. The van der Waals surface area contributed by atoms with Gasteiger partial charge in [0.2, 0.25) is 0 Å². The first-order valence-corrected chi connectivity index (χ1v) is 1.05. The molecule has 0 aromatic heterocycles. The molecule has 2 heteroatoms. The molecule has 0 saturated carbocycles. The fourth-order valence-electron chi connectivity index (χ4n) is 0. The molecular weight excluding hydrogens is 114 g/mol. The Morgan fingerprint density at radius 3 is 1.11 bits per heavy atom. The van der Waals surface area contributed by atoms with E-state index in [-0.39, 0.29) is 43.7 Å². The van der Waals surface area contributed by atoms with Crippen LogP contribution in [0.15, 0.2) is 0 Å². The summed E-state index contributed by atoms with van der Waals surface area (Å²) in [5, 5.41) is 0. The van der Waals surface area contributed by atoms with E-state index in [1.165, 1.54) is 0 Å². The molecule has 0 aliphatic rings. The first kappa shape index (κ1) is 72.6. The van der Waals surface area contributed by atoms with Crippen molar-refractivity contribution in [3.8, 4) is 0 Å². The van der Waals surface area contributed by atoms with Gasteiger partial charge in [-0.3, -0.25) is 0 Å². The Labute approximate surface area is 61.5 Å². The van der Waals surface area contributed by atoms with Crippen LogP contribution in [0.3, 0.4) is 0 Å². The van der Waals surface area contributed by atoms with Gasteiger partial charge in [-0.15, -0.1) is 0 Å². The van der Waals surface area contributed by atoms with Crippen LogP contribution in [0, 0.1) is 0 Å². The van der Waals surface area contributed by atoms with Crippen molar-refractivity contribution in [2.45, 2.75) is 37.1 Å². The Balaban J connectivity index is -0.00000000450. The predicted octanol–water partition coefficient (Wildman–Crippen LogP) is 2.32. The number of rotatable bonds is 1.